The fraction of sp³-hybridized carbons (Fsp3) is 0.333. The summed E-state index contributed by atoms with van der Waals surface area (Å²) in [6.07, 6.45) is 1.80. The fourth-order valence-corrected chi connectivity index (χ4v) is 1.56. The number of hydrogen-bond donors (Lipinski definition) is 0. The van der Waals surface area contributed by atoms with Crippen LogP contribution in [-0.4, -0.2) is 37.1 Å². The summed E-state index contributed by atoms with van der Waals surface area (Å²) in [6.45, 7) is 1.95. The Labute approximate surface area is 129 Å². The Kier molecular flexibility index (Phi) is 8.18. The van der Waals surface area contributed by atoms with Gasteiger partial charge in [-0.2, -0.15) is 0 Å². The SMILES string of the molecule is Br.CC(=O)/C(=C/c1ccc(F)cc1)C(=O)CCN(C)C. The fourth-order valence-electron chi connectivity index (χ4n) is 1.56. The molecule has 0 saturated heterocycles. The number of carbonyl (C=O) groups is 2. The van der Waals surface area contributed by atoms with Crippen molar-refractivity contribution in [2.75, 3.05) is 20.6 Å². The summed E-state index contributed by atoms with van der Waals surface area (Å²) in [6, 6.07) is 5.68. The molecule has 5 heteroatoms. The number of halogens is 2. The predicted molar refractivity (Wildman–Crippen MR) is 83.6 cm³/mol. The largest absolute Gasteiger partial charge is 0.309 e. The monoisotopic (exact) mass is 343 g/mol. The molecule has 0 heterocycles. The van der Waals surface area contributed by atoms with Gasteiger partial charge in [0, 0.05) is 13.0 Å². The molecule has 1 aromatic carbocycles. The van der Waals surface area contributed by atoms with Crippen molar-refractivity contribution in [2.45, 2.75) is 13.3 Å². The molecule has 0 N–H and O–H groups in total. The average Bonchev–Trinajstić information content (AvgIpc) is 2.34. The first-order valence-electron chi connectivity index (χ1n) is 6.06. The van der Waals surface area contributed by atoms with E-state index in [1.165, 1.54) is 37.3 Å². The molecule has 0 radical (unpaired) electrons. The molecule has 20 heavy (non-hydrogen) atoms. The molecule has 0 aromatic heterocycles. The van der Waals surface area contributed by atoms with Crippen molar-refractivity contribution in [1.82, 2.24) is 4.90 Å². The molecule has 0 fully saturated rings. The van der Waals surface area contributed by atoms with Crippen LogP contribution in [-0.2, 0) is 9.59 Å². The highest BCUT2D eigenvalue weighted by Gasteiger charge is 2.14. The number of benzene rings is 1. The van der Waals surface area contributed by atoms with Crippen LogP contribution in [0.15, 0.2) is 29.8 Å². The van der Waals surface area contributed by atoms with E-state index in [4.69, 9.17) is 0 Å². The molecule has 0 aliphatic rings. The van der Waals surface area contributed by atoms with E-state index in [2.05, 4.69) is 0 Å². The van der Waals surface area contributed by atoms with E-state index in [1.54, 1.807) is 0 Å². The Morgan fingerprint density at radius 3 is 2.20 bits per heavy atom. The van der Waals surface area contributed by atoms with Crippen molar-refractivity contribution in [2.24, 2.45) is 0 Å². The first-order valence-corrected chi connectivity index (χ1v) is 6.06. The minimum absolute atomic E-state index is 0. The van der Waals surface area contributed by atoms with E-state index < -0.39 is 0 Å². The van der Waals surface area contributed by atoms with Crippen LogP contribution in [0.1, 0.15) is 18.9 Å². The molecular formula is C15H19BrFNO2. The molecule has 3 nitrogen and oxygen atoms in total. The van der Waals surface area contributed by atoms with Crippen LogP contribution in [0.2, 0.25) is 0 Å². The number of allylic oxidation sites excluding steroid dienone is 1. The third kappa shape index (κ3) is 6.21. The highest BCUT2D eigenvalue weighted by Crippen LogP contribution is 2.11. The lowest BCUT2D eigenvalue weighted by molar-refractivity contribution is -0.120. The van der Waals surface area contributed by atoms with Crippen LogP contribution in [0.5, 0.6) is 0 Å². The summed E-state index contributed by atoms with van der Waals surface area (Å²) in [5.74, 6) is -0.806. The van der Waals surface area contributed by atoms with E-state index in [-0.39, 0.29) is 39.9 Å². The Morgan fingerprint density at radius 2 is 1.75 bits per heavy atom. The lowest BCUT2D eigenvalue weighted by Crippen LogP contribution is -2.19. The van der Waals surface area contributed by atoms with Crippen LogP contribution in [0.4, 0.5) is 4.39 Å². The highest BCUT2D eigenvalue weighted by atomic mass is 79.9. The normalized spacial score (nSPS) is 11.2. The van der Waals surface area contributed by atoms with Crippen LogP contribution < -0.4 is 0 Å². The van der Waals surface area contributed by atoms with Crippen LogP contribution in [0.25, 0.3) is 6.08 Å². The number of rotatable bonds is 6. The molecule has 0 aliphatic heterocycles. The summed E-state index contributed by atoms with van der Waals surface area (Å²) in [7, 11) is 3.73. The van der Waals surface area contributed by atoms with Gasteiger partial charge in [-0.15, -0.1) is 17.0 Å². The second-order valence-electron chi connectivity index (χ2n) is 4.64. The zero-order chi connectivity index (χ0) is 14.4. The first kappa shape index (κ1) is 18.7. The Hall–Kier alpha value is -1.33. The summed E-state index contributed by atoms with van der Waals surface area (Å²) in [5.41, 5.74) is 0.804. The molecule has 1 rings (SSSR count). The Bertz CT molecular complexity index is 495. The van der Waals surface area contributed by atoms with Crippen molar-refractivity contribution in [3.8, 4) is 0 Å². The molecule has 0 aliphatic carbocycles. The molecule has 0 bridgehead atoms. The van der Waals surface area contributed by atoms with Gasteiger partial charge in [-0.1, -0.05) is 12.1 Å². The maximum atomic E-state index is 12.8. The Balaban J connectivity index is 0.00000361. The lowest BCUT2D eigenvalue weighted by atomic mass is 10.0. The van der Waals surface area contributed by atoms with Gasteiger partial charge in [0.25, 0.3) is 0 Å². The second-order valence-corrected chi connectivity index (χ2v) is 4.64. The van der Waals surface area contributed by atoms with E-state index in [1.807, 2.05) is 19.0 Å². The number of nitrogens with zero attached hydrogens (tertiary/aromatic N) is 1. The zero-order valence-corrected chi connectivity index (χ0v) is 13.6. The zero-order valence-electron chi connectivity index (χ0n) is 11.9. The average molecular weight is 344 g/mol. The third-order valence-corrected chi connectivity index (χ3v) is 2.65. The summed E-state index contributed by atoms with van der Waals surface area (Å²) in [5, 5.41) is 0. The molecule has 0 unspecified atom stereocenters. The van der Waals surface area contributed by atoms with E-state index in [0.29, 0.717) is 18.5 Å². The summed E-state index contributed by atoms with van der Waals surface area (Å²) in [4.78, 5) is 25.4. The maximum Gasteiger partial charge on any atom is 0.167 e. The molecule has 0 saturated carbocycles. The number of carbonyl (C=O) groups excluding carboxylic acids is 2. The molecule has 1 aromatic rings. The summed E-state index contributed by atoms with van der Waals surface area (Å²) < 4.78 is 12.8. The summed E-state index contributed by atoms with van der Waals surface area (Å²) >= 11 is 0. The van der Waals surface area contributed by atoms with Crippen LogP contribution in [0.3, 0.4) is 0 Å². The second kappa shape index (κ2) is 8.76. The first-order chi connectivity index (χ1) is 8.90. The van der Waals surface area contributed by atoms with Crippen molar-refractivity contribution in [3.63, 3.8) is 0 Å². The van der Waals surface area contributed by atoms with Gasteiger partial charge in [0.1, 0.15) is 5.82 Å². The molecule has 110 valence electrons. The van der Waals surface area contributed by atoms with E-state index >= 15 is 0 Å². The van der Waals surface area contributed by atoms with Gasteiger partial charge in [-0.25, -0.2) is 4.39 Å². The smallest absolute Gasteiger partial charge is 0.167 e. The van der Waals surface area contributed by atoms with Crippen LogP contribution in [0, 0.1) is 5.82 Å². The maximum absolute atomic E-state index is 12.8. The van der Waals surface area contributed by atoms with Crippen molar-refractivity contribution >= 4 is 34.6 Å². The molecule has 0 amide bonds. The van der Waals surface area contributed by atoms with Gasteiger partial charge < -0.3 is 4.90 Å². The standard InChI is InChI=1S/C15H18FNO2.BrH/c1-11(18)14(15(19)8-9-17(2)3)10-12-4-6-13(16)7-5-12;/h4-7,10H,8-9H2,1-3H3;1H/b14-10-;. The van der Waals surface area contributed by atoms with Crippen molar-refractivity contribution in [1.29, 1.82) is 0 Å². The molecule has 0 spiro atoms. The number of hydrogen-bond acceptors (Lipinski definition) is 3. The van der Waals surface area contributed by atoms with Gasteiger partial charge in [-0.05, 0) is 44.8 Å². The van der Waals surface area contributed by atoms with Gasteiger partial charge >= 0.3 is 0 Å². The van der Waals surface area contributed by atoms with Crippen molar-refractivity contribution < 1.29 is 14.0 Å². The van der Waals surface area contributed by atoms with Gasteiger partial charge in [0.15, 0.2) is 11.6 Å². The predicted octanol–water partition coefficient (Wildman–Crippen LogP) is 2.90. The third-order valence-electron chi connectivity index (χ3n) is 2.65. The minimum Gasteiger partial charge on any atom is -0.309 e. The number of ketones is 2. The van der Waals surface area contributed by atoms with Crippen molar-refractivity contribution in [3.05, 3.63) is 41.2 Å². The highest BCUT2D eigenvalue weighted by molar-refractivity contribution is 8.93. The lowest BCUT2D eigenvalue weighted by Gasteiger charge is -2.09. The minimum atomic E-state index is -0.347. The Morgan fingerprint density at radius 1 is 1.20 bits per heavy atom. The van der Waals surface area contributed by atoms with Gasteiger partial charge in [0.2, 0.25) is 0 Å². The van der Waals surface area contributed by atoms with Crippen LogP contribution >= 0.6 is 17.0 Å². The quantitative estimate of drug-likeness (QED) is 0.452. The van der Waals surface area contributed by atoms with E-state index in [0.717, 1.165) is 0 Å². The van der Waals surface area contributed by atoms with Gasteiger partial charge in [-0.3, -0.25) is 9.59 Å². The van der Waals surface area contributed by atoms with Gasteiger partial charge in [0.05, 0.1) is 5.57 Å². The topological polar surface area (TPSA) is 37.4 Å². The number of Topliss-reactive ketones (excluding diaryl/α,β-unsaturated/α-hetero) is 2. The van der Waals surface area contributed by atoms with E-state index in [9.17, 15) is 14.0 Å². The molecular weight excluding hydrogens is 325 g/mol. The molecule has 0 atom stereocenters.